The van der Waals surface area contributed by atoms with Crippen LogP contribution in [0.4, 0.5) is 0 Å². The van der Waals surface area contributed by atoms with Gasteiger partial charge in [-0.2, -0.15) is 0 Å². The molecular formula is C15H22N4O2. The van der Waals surface area contributed by atoms with Crippen LogP contribution in [0, 0.1) is 0 Å². The van der Waals surface area contributed by atoms with Crippen molar-refractivity contribution in [2.75, 3.05) is 19.8 Å². The van der Waals surface area contributed by atoms with Gasteiger partial charge in [0.25, 0.3) is 0 Å². The Labute approximate surface area is 124 Å². The minimum Gasteiger partial charge on any atom is -0.507 e. The maximum atomic E-state index is 9.86. The number of rotatable bonds is 3. The molecule has 1 aromatic rings. The predicted molar refractivity (Wildman–Crippen MR) is 82.7 cm³/mol. The van der Waals surface area contributed by atoms with Gasteiger partial charge in [0, 0.05) is 23.8 Å². The van der Waals surface area contributed by atoms with Crippen molar-refractivity contribution in [2.45, 2.75) is 13.0 Å². The van der Waals surface area contributed by atoms with Crippen molar-refractivity contribution >= 4 is 5.70 Å². The molecule has 1 fully saturated rings. The summed E-state index contributed by atoms with van der Waals surface area (Å²) in [6, 6.07) is 7.04. The fraction of sp³-hybridized carbons (Fsp3) is 0.333. The molecule has 6 heteroatoms. The zero-order valence-electron chi connectivity index (χ0n) is 12.1. The fourth-order valence-electron chi connectivity index (χ4n) is 2.36. The number of allylic oxidation sites excluding steroid dienone is 1. The largest absolute Gasteiger partial charge is 0.507 e. The highest BCUT2D eigenvalue weighted by atomic mass is 16.5. The Balaban J connectivity index is 2.34. The van der Waals surface area contributed by atoms with Crippen molar-refractivity contribution in [1.29, 1.82) is 0 Å². The van der Waals surface area contributed by atoms with Gasteiger partial charge in [0.05, 0.1) is 18.9 Å². The average Bonchev–Trinajstić information content (AvgIpc) is 2.45. The van der Waals surface area contributed by atoms with E-state index in [0.717, 1.165) is 0 Å². The lowest BCUT2D eigenvalue weighted by atomic mass is 10.1. The topological polar surface area (TPSA) is 111 Å². The summed E-state index contributed by atoms with van der Waals surface area (Å²) in [5.41, 5.74) is 19.3. The predicted octanol–water partition coefficient (Wildman–Crippen LogP) is 0.499. The number of hydrogen-bond acceptors (Lipinski definition) is 6. The standard InChI is InChI=1S/C15H22N4O2/c1-10-9-21-7-6-19(10)13(15(17)18)8-12(16)11-4-2-3-5-14(11)20/h2-5,8,10,20H,6-7,9,16-18H2,1H3/b12-8-/t10-/m0/s1. The average molecular weight is 290 g/mol. The lowest BCUT2D eigenvalue weighted by Crippen LogP contribution is -2.44. The summed E-state index contributed by atoms with van der Waals surface area (Å²) in [7, 11) is 0. The van der Waals surface area contributed by atoms with Crippen LogP contribution >= 0.6 is 0 Å². The van der Waals surface area contributed by atoms with E-state index >= 15 is 0 Å². The Kier molecular flexibility index (Phi) is 4.59. The Morgan fingerprint density at radius 1 is 1.33 bits per heavy atom. The second kappa shape index (κ2) is 6.41. The SMILES string of the molecule is C[C@H]1COCCN1C(/C=C(\N)c1ccccc1O)=C(N)N. The van der Waals surface area contributed by atoms with Crippen molar-refractivity contribution in [2.24, 2.45) is 17.2 Å². The highest BCUT2D eigenvalue weighted by Gasteiger charge is 2.22. The van der Waals surface area contributed by atoms with Crippen LogP contribution in [-0.4, -0.2) is 35.8 Å². The maximum absolute atomic E-state index is 9.86. The molecule has 0 unspecified atom stereocenters. The molecule has 1 saturated heterocycles. The highest BCUT2D eigenvalue weighted by molar-refractivity contribution is 5.69. The minimum atomic E-state index is 0.121. The number of phenolic OH excluding ortho intramolecular Hbond substituents is 1. The maximum Gasteiger partial charge on any atom is 0.124 e. The Bertz CT molecular complexity index is 565. The van der Waals surface area contributed by atoms with Gasteiger partial charge in [-0.05, 0) is 25.1 Å². The first kappa shape index (κ1) is 15.1. The van der Waals surface area contributed by atoms with Crippen LogP contribution in [0.15, 0.2) is 41.9 Å². The van der Waals surface area contributed by atoms with Crippen molar-refractivity contribution in [3.8, 4) is 5.75 Å². The second-order valence-corrected chi connectivity index (χ2v) is 5.07. The quantitative estimate of drug-likeness (QED) is 0.603. The normalized spacial score (nSPS) is 19.4. The number of aromatic hydroxyl groups is 1. The first-order chi connectivity index (χ1) is 10.0. The second-order valence-electron chi connectivity index (χ2n) is 5.07. The molecule has 1 atom stereocenters. The third kappa shape index (κ3) is 3.41. The molecule has 0 spiro atoms. The van der Waals surface area contributed by atoms with Crippen LogP contribution in [0.1, 0.15) is 12.5 Å². The van der Waals surface area contributed by atoms with E-state index < -0.39 is 0 Å². The molecule has 2 rings (SSSR count). The molecule has 1 heterocycles. The number of nitrogens with zero attached hydrogens (tertiary/aromatic N) is 1. The number of nitrogens with two attached hydrogens (primary N) is 3. The molecule has 21 heavy (non-hydrogen) atoms. The number of para-hydroxylation sites is 1. The Morgan fingerprint density at radius 3 is 2.67 bits per heavy atom. The molecule has 0 amide bonds. The molecule has 1 aliphatic heterocycles. The molecule has 0 bridgehead atoms. The van der Waals surface area contributed by atoms with Gasteiger partial charge < -0.3 is 31.9 Å². The smallest absolute Gasteiger partial charge is 0.124 e. The van der Waals surface area contributed by atoms with Crippen LogP contribution in [0.2, 0.25) is 0 Å². The zero-order chi connectivity index (χ0) is 15.4. The lowest BCUT2D eigenvalue weighted by Gasteiger charge is -2.36. The number of ether oxygens (including phenoxy) is 1. The summed E-state index contributed by atoms with van der Waals surface area (Å²) in [6.45, 7) is 3.96. The summed E-state index contributed by atoms with van der Waals surface area (Å²) in [4.78, 5) is 2.06. The van der Waals surface area contributed by atoms with E-state index in [4.69, 9.17) is 21.9 Å². The van der Waals surface area contributed by atoms with Gasteiger partial charge in [-0.3, -0.25) is 0 Å². The molecule has 1 aromatic carbocycles. The van der Waals surface area contributed by atoms with Crippen LogP contribution in [0.3, 0.4) is 0 Å². The number of hydrogen-bond donors (Lipinski definition) is 4. The van der Waals surface area contributed by atoms with E-state index in [0.29, 0.717) is 36.7 Å². The van der Waals surface area contributed by atoms with Gasteiger partial charge in [-0.15, -0.1) is 0 Å². The van der Waals surface area contributed by atoms with Gasteiger partial charge >= 0.3 is 0 Å². The molecule has 0 saturated carbocycles. The lowest BCUT2D eigenvalue weighted by molar-refractivity contribution is 0.0183. The molecule has 114 valence electrons. The summed E-state index contributed by atoms with van der Waals surface area (Å²) >= 11 is 0. The number of benzene rings is 1. The van der Waals surface area contributed by atoms with Crippen molar-refractivity contribution in [3.05, 3.63) is 47.4 Å². The third-order valence-corrected chi connectivity index (χ3v) is 3.48. The third-order valence-electron chi connectivity index (χ3n) is 3.48. The molecule has 0 radical (unpaired) electrons. The van der Waals surface area contributed by atoms with Crippen LogP contribution in [0.25, 0.3) is 5.70 Å². The summed E-state index contributed by atoms with van der Waals surface area (Å²) in [5.74, 6) is 0.318. The number of morpholine rings is 1. The first-order valence-corrected chi connectivity index (χ1v) is 6.86. The van der Waals surface area contributed by atoms with Gasteiger partial charge in [-0.25, -0.2) is 0 Å². The van der Waals surface area contributed by atoms with Gasteiger partial charge in [0.2, 0.25) is 0 Å². The monoisotopic (exact) mass is 290 g/mol. The first-order valence-electron chi connectivity index (χ1n) is 6.86. The van der Waals surface area contributed by atoms with Crippen molar-refractivity contribution in [1.82, 2.24) is 4.90 Å². The van der Waals surface area contributed by atoms with E-state index in [1.807, 2.05) is 13.0 Å². The molecule has 7 N–H and O–H groups in total. The Morgan fingerprint density at radius 2 is 2.05 bits per heavy atom. The van der Waals surface area contributed by atoms with Gasteiger partial charge in [0.15, 0.2) is 0 Å². The molecule has 1 aliphatic rings. The number of phenols is 1. The minimum absolute atomic E-state index is 0.121. The van der Waals surface area contributed by atoms with Crippen LogP contribution in [0.5, 0.6) is 5.75 Å². The van der Waals surface area contributed by atoms with Crippen molar-refractivity contribution in [3.63, 3.8) is 0 Å². The van der Waals surface area contributed by atoms with Crippen molar-refractivity contribution < 1.29 is 9.84 Å². The van der Waals surface area contributed by atoms with E-state index in [9.17, 15) is 5.11 Å². The van der Waals surface area contributed by atoms with Crippen LogP contribution < -0.4 is 17.2 Å². The van der Waals surface area contributed by atoms with E-state index in [1.165, 1.54) is 0 Å². The Hall–Kier alpha value is -2.34. The van der Waals surface area contributed by atoms with Gasteiger partial charge in [0.1, 0.15) is 11.6 Å². The van der Waals surface area contributed by atoms with E-state index in [2.05, 4.69) is 4.90 Å². The zero-order valence-corrected chi connectivity index (χ0v) is 12.1. The van der Waals surface area contributed by atoms with E-state index in [1.54, 1.807) is 24.3 Å². The summed E-state index contributed by atoms with van der Waals surface area (Å²) in [5, 5.41) is 9.86. The highest BCUT2D eigenvalue weighted by Crippen LogP contribution is 2.24. The molecule has 0 aromatic heterocycles. The fourth-order valence-corrected chi connectivity index (χ4v) is 2.36. The van der Waals surface area contributed by atoms with Crippen LogP contribution in [-0.2, 0) is 4.74 Å². The molecular weight excluding hydrogens is 268 g/mol. The molecule has 6 nitrogen and oxygen atoms in total. The van der Waals surface area contributed by atoms with Gasteiger partial charge in [-0.1, -0.05) is 12.1 Å². The molecule has 0 aliphatic carbocycles. The summed E-state index contributed by atoms with van der Waals surface area (Å²) < 4.78 is 5.41. The summed E-state index contributed by atoms with van der Waals surface area (Å²) in [6.07, 6.45) is 1.70. The van der Waals surface area contributed by atoms with E-state index in [-0.39, 0.29) is 17.6 Å².